The molecule has 2 rings (SSSR count). The minimum Gasteiger partial charge on any atom is -0.312 e. The lowest BCUT2D eigenvalue weighted by atomic mass is 9.93. The van der Waals surface area contributed by atoms with Crippen LogP contribution in [0.2, 0.25) is 0 Å². The van der Waals surface area contributed by atoms with E-state index < -0.39 is 0 Å². The number of benzene rings is 1. The van der Waals surface area contributed by atoms with Gasteiger partial charge in [0.1, 0.15) is 0 Å². The smallest absolute Gasteiger partial charge is 0.0488 e. The molecule has 1 aliphatic heterocycles. The van der Waals surface area contributed by atoms with Gasteiger partial charge in [-0.2, -0.15) is 0 Å². The van der Waals surface area contributed by atoms with E-state index in [9.17, 15) is 0 Å². The number of nitrogens with one attached hydrogen (secondary N) is 2. The Balaban J connectivity index is 2.21. The molecule has 3 nitrogen and oxygen atoms in total. The summed E-state index contributed by atoms with van der Waals surface area (Å²) in [5, 5.41) is 7.12. The van der Waals surface area contributed by atoms with Crippen molar-refractivity contribution in [2.24, 2.45) is 0 Å². The van der Waals surface area contributed by atoms with E-state index in [1.807, 2.05) is 0 Å². The fourth-order valence-corrected chi connectivity index (χ4v) is 2.90. The lowest BCUT2D eigenvalue weighted by Gasteiger charge is -2.36. The van der Waals surface area contributed by atoms with Crippen LogP contribution in [0.3, 0.4) is 0 Å². The quantitative estimate of drug-likeness (QED) is 0.847. The van der Waals surface area contributed by atoms with E-state index in [4.69, 9.17) is 0 Å². The van der Waals surface area contributed by atoms with E-state index in [1.165, 1.54) is 16.7 Å². The molecule has 0 amide bonds. The molecule has 1 fully saturated rings. The summed E-state index contributed by atoms with van der Waals surface area (Å²) >= 11 is 0. The average Bonchev–Trinajstić information content (AvgIpc) is 2.33. The van der Waals surface area contributed by atoms with E-state index in [-0.39, 0.29) is 0 Å². The maximum Gasteiger partial charge on any atom is 0.0488 e. The minimum absolute atomic E-state index is 0.383. The van der Waals surface area contributed by atoms with Crippen molar-refractivity contribution in [3.05, 3.63) is 34.9 Å². The Hall–Kier alpha value is -0.900. The molecular formula is C15H25N3. The summed E-state index contributed by atoms with van der Waals surface area (Å²) in [7, 11) is 4.25. The molecule has 2 unspecified atom stereocenters. The number of hydrogen-bond acceptors (Lipinski definition) is 3. The number of aryl methyl sites for hydroxylation is 2. The standard InChI is InChI=1S/C15H25N3/c1-11-5-6-13(12(2)9-11)15(16-3)14-10-18(4)8-7-17-14/h5-6,9,14-17H,7-8,10H2,1-4H3. The monoisotopic (exact) mass is 247 g/mol. The third-order valence-electron chi connectivity index (χ3n) is 3.88. The zero-order valence-corrected chi connectivity index (χ0v) is 12.0. The van der Waals surface area contributed by atoms with E-state index in [2.05, 4.69) is 61.7 Å². The first-order valence-corrected chi connectivity index (χ1v) is 6.78. The van der Waals surface area contributed by atoms with E-state index >= 15 is 0 Å². The summed E-state index contributed by atoms with van der Waals surface area (Å²) in [6.45, 7) is 7.67. The van der Waals surface area contributed by atoms with Crippen molar-refractivity contribution in [1.29, 1.82) is 0 Å². The second-order valence-electron chi connectivity index (χ2n) is 5.45. The molecule has 1 aliphatic rings. The molecular weight excluding hydrogens is 222 g/mol. The predicted molar refractivity (Wildman–Crippen MR) is 77.0 cm³/mol. The third-order valence-corrected chi connectivity index (χ3v) is 3.88. The van der Waals surface area contributed by atoms with Gasteiger partial charge in [-0.25, -0.2) is 0 Å². The van der Waals surface area contributed by atoms with Gasteiger partial charge in [0.2, 0.25) is 0 Å². The molecule has 1 heterocycles. The molecule has 100 valence electrons. The van der Waals surface area contributed by atoms with Crippen LogP contribution < -0.4 is 10.6 Å². The second-order valence-corrected chi connectivity index (χ2v) is 5.45. The van der Waals surface area contributed by atoms with E-state index in [0.29, 0.717) is 12.1 Å². The van der Waals surface area contributed by atoms with Crippen LogP contribution in [0.5, 0.6) is 0 Å². The van der Waals surface area contributed by atoms with Crippen molar-refractivity contribution in [2.45, 2.75) is 25.9 Å². The van der Waals surface area contributed by atoms with Crippen molar-refractivity contribution < 1.29 is 0 Å². The molecule has 0 aromatic heterocycles. The van der Waals surface area contributed by atoms with Gasteiger partial charge in [0.25, 0.3) is 0 Å². The highest BCUT2D eigenvalue weighted by molar-refractivity contribution is 5.33. The summed E-state index contributed by atoms with van der Waals surface area (Å²) in [5.74, 6) is 0. The Kier molecular flexibility index (Phi) is 4.38. The van der Waals surface area contributed by atoms with Crippen molar-refractivity contribution in [2.75, 3.05) is 33.7 Å². The molecule has 1 aromatic rings. The lowest BCUT2D eigenvalue weighted by molar-refractivity contribution is 0.209. The first kappa shape index (κ1) is 13.5. The Morgan fingerprint density at radius 3 is 2.78 bits per heavy atom. The van der Waals surface area contributed by atoms with Crippen LogP contribution in [0.1, 0.15) is 22.7 Å². The predicted octanol–water partition coefficient (Wildman–Crippen LogP) is 1.47. The fourth-order valence-electron chi connectivity index (χ4n) is 2.90. The topological polar surface area (TPSA) is 27.3 Å². The molecule has 0 aliphatic carbocycles. The van der Waals surface area contributed by atoms with Gasteiger partial charge in [-0.05, 0) is 39.1 Å². The second kappa shape index (κ2) is 5.83. The van der Waals surface area contributed by atoms with Gasteiger partial charge in [0, 0.05) is 31.7 Å². The third kappa shape index (κ3) is 2.91. The Morgan fingerprint density at radius 2 is 2.17 bits per heavy atom. The maximum absolute atomic E-state index is 3.64. The summed E-state index contributed by atoms with van der Waals surface area (Å²) < 4.78 is 0. The van der Waals surface area contributed by atoms with Crippen LogP contribution in [0, 0.1) is 13.8 Å². The summed E-state index contributed by atoms with van der Waals surface area (Å²) in [5.41, 5.74) is 4.13. The Morgan fingerprint density at radius 1 is 1.39 bits per heavy atom. The van der Waals surface area contributed by atoms with Gasteiger partial charge in [0.05, 0.1) is 0 Å². The number of rotatable bonds is 3. The van der Waals surface area contributed by atoms with Gasteiger partial charge in [-0.3, -0.25) is 0 Å². The molecule has 0 spiro atoms. The van der Waals surface area contributed by atoms with E-state index in [1.54, 1.807) is 0 Å². The molecule has 0 bridgehead atoms. The SMILES string of the molecule is CNC(c1ccc(C)cc1C)C1CN(C)CCN1. The van der Waals surface area contributed by atoms with Crippen LogP contribution in [0.15, 0.2) is 18.2 Å². The van der Waals surface area contributed by atoms with Crippen LogP contribution in [-0.2, 0) is 0 Å². The highest BCUT2D eigenvalue weighted by Crippen LogP contribution is 2.23. The highest BCUT2D eigenvalue weighted by atomic mass is 15.2. The molecule has 1 aromatic carbocycles. The van der Waals surface area contributed by atoms with Crippen molar-refractivity contribution >= 4 is 0 Å². The number of nitrogens with zero attached hydrogens (tertiary/aromatic N) is 1. The summed E-state index contributed by atoms with van der Waals surface area (Å²) in [6, 6.07) is 7.61. The lowest BCUT2D eigenvalue weighted by Crippen LogP contribution is -2.54. The zero-order valence-electron chi connectivity index (χ0n) is 12.0. The zero-order chi connectivity index (χ0) is 13.1. The number of likely N-dealkylation sites (N-methyl/N-ethyl adjacent to an activating group) is 2. The van der Waals surface area contributed by atoms with Crippen LogP contribution >= 0.6 is 0 Å². The number of hydrogen-bond donors (Lipinski definition) is 2. The molecule has 0 saturated carbocycles. The first-order valence-electron chi connectivity index (χ1n) is 6.78. The van der Waals surface area contributed by atoms with Gasteiger partial charge < -0.3 is 15.5 Å². The summed E-state index contributed by atoms with van der Waals surface area (Å²) in [4.78, 5) is 2.40. The molecule has 2 N–H and O–H groups in total. The normalized spacial score (nSPS) is 23.0. The van der Waals surface area contributed by atoms with Gasteiger partial charge in [-0.1, -0.05) is 23.8 Å². The first-order chi connectivity index (χ1) is 8.61. The fraction of sp³-hybridized carbons (Fsp3) is 0.600. The molecule has 2 atom stereocenters. The van der Waals surface area contributed by atoms with Gasteiger partial charge in [-0.15, -0.1) is 0 Å². The Labute approximate surface area is 111 Å². The maximum atomic E-state index is 3.64. The van der Waals surface area contributed by atoms with Crippen LogP contribution in [0.4, 0.5) is 0 Å². The number of piperazine rings is 1. The average molecular weight is 247 g/mol. The Bertz CT molecular complexity index is 403. The van der Waals surface area contributed by atoms with Crippen LogP contribution in [0.25, 0.3) is 0 Å². The molecule has 18 heavy (non-hydrogen) atoms. The minimum atomic E-state index is 0.383. The van der Waals surface area contributed by atoms with Crippen molar-refractivity contribution in [3.8, 4) is 0 Å². The molecule has 0 radical (unpaired) electrons. The summed E-state index contributed by atoms with van der Waals surface area (Å²) in [6.07, 6.45) is 0. The van der Waals surface area contributed by atoms with E-state index in [0.717, 1.165) is 19.6 Å². The largest absolute Gasteiger partial charge is 0.312 e. The van der Waals surface area contributed by atoms with Crippen molar-refractivity contribution in [3.63, 3.8) is 0 Å². The van der Waals surface area contributed by atoms with Crippen LogP contribution in [-0.4, -0.2) is 44.7 Å². The molecule has 3 heteroatoms. The molecule has 1 saturated heterocycles. The van der Waals surface area contributed by atoms with Gasteiger partial charge >= 0.3 is 0 Å². The van der Waals surface area contributed by atoms with Gasteiger partial charge in [0.15, 0.2) is 0 Å². The van der Waals surface area contributed by atoms with Crippen molar-refractivity contribution in [1.82, 2.24) is 15.5 Å². The highest BCUT2D eigenvalue weighted by Gasteiger charge is 2.26.